The fourth-order valence-corrected chi connectivity index (χ4v) is 19.5. The van der Waals surface area contributed by atoms with Gasteiger partial charge in [-0.1, -0.05) is 146 Å². The molecule has 0 saturated carbocycles. The van der Waals surface area contributed by atoms with E-state index in [-0.39, 0.29) is 0 Å². The fourth-order valence-electron chi connectivity index (χ4n) is 6.18. The van der Waals surface area contributed by atoms with Crippen molar-refractivity contribution < 1.29 is 51.9 Å². The van der Waals surface area contributed by atoms with Crippen LogP contribution in [0.1, 0.15) is 0 Å². The molecule has 8 aromatic rings. The minimum Gasteiger partial charge on any atom is -0.472 e. The maximum absolute atomic E-state index is 7.36. The van der Waals surface area contributed by atoms with E-state index < -0.39 is 36.2 Å². The van der Waals surface area contributed by atoms with Crippen LogP contribution in [0.3, 0.4) is 0 Å². The average Bonchev–Trinajstić information content (AvgIpc) is 3.31. The molecule has 0 amide bonds. The van der Waals surface area contributed by atoms with Crippen LogP contribution in [0.4, 0.5) is 0 Å². The average molecular weight is 921 g/mol. The zero-order valence-corrected chi connectivity index (χ0v) is 38.0. The number of para-hydroxylation sites is 8. The Hall–Kier alpha value is -7.13. The van der Waals surface area contributed by atoms with Crippen LogP contribution in [-0.2, 0) is 16.5 Å². The molecule has 0 aromatic heterocycles. The van der Waals surface area contributed by atoms with E-state index in [1.807, 2.05) is 48.5 Å². The van der Waals surface area contributed by atoms with Gasteiger partial charge < -0.3 is 35.4 Å². The van der Waals surface area contributed by atoms with Crippen LogP contribution in [-0.4, -0.2) is 36.2 Å². The van der Waals surface area contributed by atoms with Gasteiger partial charge in [-0.2, -0.15) is 0 Å². The lowest BCUT2D eigenvalue weighted by atomic mass is 10.3. The van der Waals surface area contributed by atoms with Crippen molar-refractivity contribution >= 4 is 36.2 Å². The summed E-state index contributed by atoms with van der Waals surface area (Å²) in [6.07, 6.45) is 0. The maximum Gasteiger partial charge on any atom is 0.812 e. The van der Waals surface area contributed by atoms with Crippen LogP contribution in [0.25, 0.3) is 0 Å². The molecule has 0 N–H and O–H groups in total. The third-order valence-electron chi connectivity index (χ3n) is 8.89. The largest absolute Gasteiger partial charge is 0.812 e. The predicted octanol–water partition coefficient (Wildman–Crippen LogP) is 10.4. The summed E-state index contributed by atoms with van der Waals surface area (Å²) in [5.74, 6) is 2.33. The summed E-state index contributed by atoms with van der Waals surface area (Å²) < 4.78 is 85.0. The Morgan fingerprint density at radius 2 is 0.281 bits per heavy atom. The summed E-state index contributed by atoms with van der Waals surface area (Å²) in [5.41, 5.74) is 0. The lowest BCUT2D eigenvalue weighted by Gasteiger charge is -2.43. The van der Waals surface area contributed by atoms with Crippen molar-refractivity contribution in [3.63, 3.8) is 0 Å². The van der Waals surface area contributed by atoms with Crippen molar-refractivity contribution in [1.82, 2.24) is 0 Å². The first kappa shape index (κ1) is 42.2. The van der Waals surface area contributed by atoms with E-state index in [1.165, 1.54) is 0 Å². The van der Waals surface area contributed by atoms with Gasteiger partial charge in [-0.15, -0.1) is 0 Å². The molecule has 0 bridgehead atoms. The standard InChI is InChI=1S/C48H40O12Si4/c1-9-25-41(26-10-1)49-61(50-42-27-11-2-12-28-42)57-62(51-43-29-13-3-14-30-43,52-44-31-15-4-16-32-44)59-64(55-47-37-21-7-22-38-47,56-48-39-23-8-24-40-48)60-63(58-61,53-45-33-17-5-18-34-45)54-46-35-19-6-20-36-46/h1-40H. The third-order valence-corrected chi connectivity index (χ3v) is 20.8. The second kappa shape index (κ2) is 19.5. The van der Waals surface area contributed by atoms with Crippen LogP contribution >= 0.6 is 0 Å². The number of hydrogen-bond donors (Lipinski definition) is 0. The van der Waals surface area contributed by atoms with Gasteiger partial charge in [0.25, 0.3) is 0 Å². The quantitative estimate of drug-likeness (QED) is 0.0861. The molecular weight excluding hydrogens is 881 g/mol. The molecule has 1 saturated heterocycles. The molecule has 1 aliphatic rings. The van der Waals surface area contributed by atoms with E-state index in [0.29, 0.717) is 46.0 Å². The van der Waals surface area contributed by atoms with Crippen molar-refractivity contribution in [3.05, 3.63) is 243 Å². The summed E-state index contributed by atoms with van der Waals surface area (Å²) in [5, 5.41) is 0. The topological polar surface area (TPSA) is 111 Å². The minimum absolute atomic E-state index is 0.292. The SMILES string of the molecule is c1ccc(O[Si]2(Oc3ccccc3)O[Si](Oc3ccccc3)(Oc3ccccc3)O[Si](Oc3ccccc3)(Oc3ccccc3)O[Si](Oc3ccccc3)(Oc3ccccc3)O2)cc1. The van der Waals surface area contributed by atoms with E-state index >= 15 is 0 Å². The van der Waals surface area contributed by atoms with Gasteiger partial charge in [-0.05, 0) is 97.1 Å². The van der Waals surface area contributed by atoms with Gasteiger partial charge in [0.1, 0.15) is 46.0 Å². The Kier molecular flexibility index (Phi) is 12.9. The van der Waals surface area contributed by atoms with Crippen molar-refractivity contribution in [1.29, 1.82) is 0 Å². The van der Waals surface area contributed by atoms with E-state index in [4.69, 9.17) is 51.9 Å². The highest BCUT2D eigenvalue weighted by molar-refractivity contribution is 6.84. The van der Waals surface area contributed by atoms with Gasteiger partial charge in [0.15, 0.2) is 0 Å². The molecule has 1 heterocycles. The van der Waals surface area contributed by atoms with Crippen LogP contribution < -0.4 is 35.4 Å². The van der Waals surface area contributed by atoms with Gasteiger partial charge in [0, 0.05) is 0 Å². The van der Waals surface area contributed by atoms with Crippen molar-refractivity contribution in [3.8, 4) is 46.0 Å². The molecule has 16 heteroatoms. The number of rotatable bonds is 16. The van der Waals surface area contributed by atoms with Crippen LogP contribution in [0.5, 0.6) is 46.0 Å². The second-order valence-corrected chi connectivity index (χ2v) is 22.6. The van der Waals surface area contributed by atoms with Gasteiger partial charge in [0.05, 0.1) is 0 Å². The Morgan fingerprint density at radius 1 is 0.172 bits per heavy atom. The summed E-state index contributed by atoms with van der Waals surface area (Å²) in [4.78, 5) is 0. The van der Waals surface area contributed by atoms with Crippen LogP contribution in [0, 0.1) is 0 Å². The first-order valence-corrected chi connectivity index (χ1v) is 26.7. The second-order valence-electron chi connectivity index (χ2n) is 13.7. The molecule has 0 atom stereocenters. The summed E-state index contributed by atoms with van der Waals surface area (Å²) >= 11 is 0. The van der Waals surface area contributed by atoms with Crippen molar-refractivity contribution in [2.45, 2.75) is 0 Å². The van der Waals surface area contributed by atoms with Crippen molar-refractivity contribution in [2.24, 2.45) is 0 Å². The monoisotopic (exact) mass is 920 g/mol. The number of benzene rings is 8. The minimum atomic E-state index is -5.10. The summed E-state index contributed by atoms with van der Waals surface area (Å²) in [6, 6.07) is 71.2. The van der Waals surface area contributed by atoms with Crippen LogP contribution in [0.2, 0.25) is 0 Å². The Balaban J connectivity index is 1.35. The first-order valence-electron chi connectivity index (χ1n) is 20.2. The van der Waals surface area contributed by atoms with E-state index in [1.54, 1.807) is 194 Å². The normalized spacial score (nSPS) is 15.8. The molecule has 9 rings (SSSR count). The molecule has 0 aliphatic carbocycles. The fraction of sp³-hybridized carbons (Fsp3) is 0. The van der Waals surface area contributed by atoms with Crippen LogP contribution in [0.15, 0.2) is 243 Å². The van der Waals surface area contributed by atoms with Gasteiger partial charge in [-0.3, -0.25) is 16.5 Å². The Morgan fingerprint density at radius 3 is 0.391 bits per heavy atom. The summed E-state index contributed by atoms with van der Waals surface area (Å²) in [7, 11) is -20.4. The molecule has 1 fully saturated rings. The van der Waals surface area contributed by atoms with Crippen molar-refractivity contribution in [2.75, 3.05) is 0 Å². The molecule has 64 heavy (non-hydrogen) atoms. The Labute approximate surface area is 375 Å². The van der Waals surface area contributed by atoms with E-state index in [2.05, 4.69) is 0 Å². The summed E-state index contributed by atoms with van der Waals surface area (Å²) in [6.45, 7) is 0. The van der Waals surface area contributed by atoms with E-state index in [9.17, 15) is 0 Å². The van der Waals surface area contributed by atoms with Gasteiger partial charge >= 0.3 is 36.2 Å². The highest BCUT2D eigenvalue weighted by Crippen LogP contribution is 2.39. The molecule has 0 spiro atoms. The molecule has 1 aliphatic heterocycles. The predicted molar refractivity (Wildman–Crippen MR) is 244 cm³/mol. The maximum atomic E-state index is 7.36. The molecule has 0 unspecified atom stereocenters. The number of hydrogen-bond acceptors (Lipinski definition) is 12. The van der Waals surface area contributed by atoms with E-state index in [0.717, 1.165) is 0 Å². The zero-order valence-electron chi connectivity index (χ0n) is 34.0. The lowest BCUT2D eigenvalue weighted by molar-refractivity contribution is -0.0208. The molecule has 12 nitrogen and oxygen atoms in total. The first-order chi connectivity index (χ1) is 31.5. The smallest absolute Gasteiger partial charge is 0.472 e. The Bertz CT molecular complexity index is 2080. The zero-order chi connectivity index (χ0) is 43.4. The molecule has 320 valence electrons. The third kappa shape index (κ3) is 10.9. The lowest BCUT2D eigenvalue weighted by Crippen LogP contribution is -2.81. The molecule has 0 radical (unpaired) electrons. The molecule has 8 aromatic carbocycles. The highest BCUT2D eigenvalue weighted by Gasteiger charge is 2.83. The highest BCUT2D eigenvalue weighted by atomic mass is 28.6. The molecular formula is C48H40O12Si4. The van der Waals surface area contributed by atoms with Gasteiger partial charge in [0.2, 0.25) is 0 Å². The van der Waals surface area contributed by atoms with Gasteiger partial charge in [-0.25, -0.2) is 0 Å².